The second kappa shape index (κ2) is 8.93. The summed E-state index contributed by atoms with van der Waals surface area (Å²) in [5.41, 5.74) is 5.75. The van der Waals surface area contributed by atoms with Crippen molar-refractivity contribution in [3.8, 4) is 11.1 Å². The van der Waals surface area contributed by atoms with Crippen LogP contribution in [0.3, 0.4) is 0 Å². The number of thiophene rings is 1. The van der Waals surface area contributed by atoms with Crippen molar-refractivity contribution in [3.63, 3.8) is 0 Å². The first-order valence-corrected chi connectivity index (χ1v) is 10.4. The highest BCUT2D eigenvalue weighted by atomic mass is 32.1. The first-order chi connectivity index (χ1) is 13.6. The number of nitrogens with one attached hydrogen (secondary N) is 2. The number of allylic oxidation sites excluding steroid dienone is 2. The van der Waals surface area contributed by atoms with Crippen LogP contribution in [0.4, 0.5) is 0 Å². The molecule has 0 fully saturated rings. The van der Waals surface area contributed by atoms with E-state index in [1.165, 1.54) is 12.6 Å². The fraction of sp³-hybridized carbons (Fsp3) is 0.261. The number of hydrogen-bond acceptors (Lipinski definition) is 4. The molecule has 4 aromatic rings. The van der Waals surface area contributed by atoms with Crippen molar-refractivity contribution >= 4 is 44.4 Å². The van der Waals surface area contributed by atoms with E-state index < -0.39 is 0 Å². The van der Waals surface area contributed by atoms with Gasteiger partial charge >= 0.3 is 0 Å². The minimum atomic E-state index is 0.825. The topological polar surface area (TPSA) is 65.4 Å². The van der Waals surface area contributed by atoms with Crippen molar-refractivity contribution in [3.05, 3.63) is 53.8 Å². The fourth-order valence-electron chi connectivity index (χ4n) is 2.77. The highest BCUT2D eigenvalue weighted by molar-refractivity contribution is 7.17. The molecule has 4 heterocycles. The van der Waals surface area contributed by atoms with Crippen LogP contribution in [0.1, 0.15) is 39.8 Å². The number of pyridine rings is 2. The van der Waals surface area contributed by atoms with Crippen LogP contribution in [0.5, 0.6) is 0 Å². The summed E-state index contributed by atoms with van der Waals surface area (Å²) in [7, 11) is 0. The predicted octanol–water partition coefficient (Wildman–Crippen LogP) is 6.94. The van der Waals surface area contributed by atoms with Crippen LogP contribution in [0, 0.1) is 11.3 Å². The van der Waals surface area contributed by atoms with Gasteiger partial charge in [0.2, 0.25) is 0 Å². The molecule has 0 aliphatic rings. The van der Waals surface area contributed by atoms with E-state index in [0.717, 1.165) is 49.6 Å². The zero-order valence-corrected chi connectivity index (χ0v) is 17.6. The normalized spacial score (nSPS) is 11.7. The molecule has 144 valence electrons. The van der Waals surface area contributed by atoms with Crippen LogP contribution in [0.2, 0.25) is 0 Å². The zero-order valence-electron chi connectivity index (χ0n) is 16.8. The van der Waals surface area contributed by atoms with Crippen molar-refractivity contribution < 1.29 is 0 Å². The maximum atomic E-state index is 7.53. The summed E-state index contributed by atoms with van der Waals surface area (Å²) in [4.78, 5) is 12.3. The van der Waals surface area contributed by atoms with Gasteiger partial charge in [0.1, 0.15) is 5.65 Å². The molecular weight excluding hydrogens is 364 g/mol. The zero-order chi connectivity index (χ0) is 20.1. The third-order valence-corrected chi connectivity index (χ3v) is 5.68. The summed E-state index contributed by atoms with van der Waals surface area (Å²) in [6.07, 6.45) is 8.28. The Kier molecular flexibility index (Phi) is 6.37. The SMILES string of the molecule is C/C=C(\C=N)c1ccc2scc(-c3ccnc4[nH]ccc34)c2n1.CCC(C)C. The van der Waals surface area contributed by atoms with E-state index in [4.69, 9.17) is 10.4 Å². The number of nitrogens with zero attached hydrogens (tertiary/aromatic N) is 2. The largest absolute Gasteiger partial charge is 0.346 e. The van der Waals surface area contributed by atoms with Crippen molar-refractivity contribution in [2.24, 2.45) is 5.92 Å². The van der Waals surface area contributed by atoms with Gasteiger partial charge in [0.15, 0.2) is 0 Å². The molecule has 0 atom stereocenters. The minimum absolute atomic E-state index is 0.825. The number of fused-ring (bicyclic) bond motifs is 2. The van der Waals surface area contributed by atoms with Crippen LogP contribution in [0.15, 0.2) is 48.1 Å². The molecule has 0 aromatic carbocycles. The molecule has 0 saturated heterocycles. The molecule has 4 nitrogen and oxygen atoms in total. The third kappa shape index (κ3) is 4.04. The highest BCUT2D eigenvalue weighted by Crippen LogP contribution is 2.36. The Labute approximate surface area is 169 Å². The lowest BCUT2D eigenvalue weighted by Crippen LogP contribution is -1.90. The van der Waals surface area contributed by atoms with Crippen LogP contribution in [0.25, 0.3) is 38.0 Å². The Morgan fingerprint density at radius 1 is 1.21 bits per heavy atom. The lowest BCUT2D eigenvalue weighted by molar-refractivity contribution is 0.626. The summed E-state index contributed by atoms with van der Waals surface area (Å²) in [5, 5.41) is 10.8. The summed E-state index contributed by atoms with van der Waals surface area (Å²) in [5.74, 6) is 0.884. The molecule has 5 heteroatoms. The Morgan fingerprint density at radius 3 is 2.68 bits per heavy atom. The van der Waals surface area contributed by atoms with E-state index in [0.29, 0.717) is 0 Å². The Morgan fingerprint density at radius 2 is 2.00 bits per heavy atom. The summed E-state index contributed by atoms with van der Waals surface area (Å²) in [6, 6.07) is 8.12. The first-order valence-electron chi connectivity index (χ1n) is 9.56. The molecule has 0 aliphatic heterocycles. The minimum Gasteiger partial charge on any atom is -0.346 e. The van der Waals surface area contributed by atoms with Crippen LogP contribution in [-0.2, 0) is 0 Å². The second-order valence-electron chi connectivity index (χ2n) is 6.98. The number of aromatic nitrogens is 3. The smallest absolute Gasteiger partial charge is 0.137 e. The molecule has 4 aromatic heterocycles. The van der Waals surface area contributed by atoms with E-state index in [1.54, 1.807) is 11.3 Å². The molecule has 0 amide bonds. The van der Waals surface area contributed by atoms with Crippen LogP contribution < -0.4 is 0 Å². The fourth-order valence-corrected chi connectivity index (χ4v) is 3.66. The Balaban J connectivity index is 0.000000403. The van der Waals surface area contributed by atoms with E-state index in [2.05, 4.69) is 42.2 Å². The Hall–Kier alpha value is -2.79. The Bertz CT molecular complexity index is 1120. The van der Waals surface area contributed by atoms with Gasteiger partial charge in [-0.05, 0) is 42.7 Å². The van der Waals surface area contributed by atoms with E-state index in [9.17, 15) is 0 Å². The lowest BCUT2D eigenvalue weighted by Gasteiger charge is -2.04. The molecule has 4 rings (SSSR count). The van der Waals surface area contributed by atoms with Gasteiger partial charge in [0.05, 0.1) is 15.9 Å². The molecule has 0 bridgehead atoms. The van der Waals surface area contributed by atoms with Gasteiger partial charge in [-0.15, -0.1) is 11.3 Å². The quantitative estimate of drug-likeness (QED) is 0.370. The van der Waals surface area contributed by atoms with E-state index in [1.807, 2.05) is 43.6 Å². The molecule has 0 spiro atoms. The predicted molar refractivity (Wildman–Crippen MR) is 122 cm³/mol. The first kappa shape index (κ1) is 20.0. The van der Waals surface area contributed by atoms with Crippen LogP contribution in [-0.4, -0.2) is 21.2 Å². The summed E-state index contributed by atoms with van der Waals surface area (Å²) in [6.45, 7) is 8.57. The average molecular weight is 391 g/mol. The van der Waals surface area contributed by atoms with Crippen molar-refractivity contribution in [2.45, 2.75) is 34.1 Å². The van der Waals surface area contributed by atoms with Gasteiger partial charge < -0.3 is 10.4 Å². The van der Waals surface area contributed by atoms with Gasteiger partial charge in [-0.2, -0.15) is 0 Å². The number of aromatic amines is 1. The van der Waals surface area contributed by atoms with Crippen LogP contribution >= 0.6 is 11.3 Å². The molecule has 0 unspecified atom stereocenters. The average Bonchev–Trinajstić information content (AvgIpc) is 3.36. The third-order valence-electron chi connectivity index (χ3n) is 4.75. The molecular formula is C23H26N4S. The van der Waals surface area contributed by atoms with Crippen molar-refractivity contribution in [1.82, 2.24) is 15.0 Å². The van der Waals surface area contributed by atoms with Gasteiger partial charge in [-0.25, -0.2) is 9.97 Å². The van der Waals surface area contributed by atoms with E-state index in [-0.39, 0.29) is 0 Å². The number of hydrogen-bond donors (Lipinski definition) is 2. The number of H-pyrrole nitrogens is 1. The molecule has 0 aliphatic carbocycles. The maximum Gasteiger partial charge on any atom is 0.137 e. The van der Waals surface area contributed by atoms with Gasteiger partial charge in [0, 0.05) is 40.5 Å². The second-order valence-corrected chi connectivity index (χ2v) is 7.89. The maximum absolute atomic E-state index is 7.53. The lowest BCUT2D eigenvalue weighted by atomic mass is 10.1. The van der Waals surface area contributed by atoms with E-state index >= 15 is 0 Å². The number of rotatable bonds is 4. The van der Waals surface area contributed by atoms with Crippen molar-refractivity contribution in [1.29, 1.82) is 5.41 Å². The molecule has 2 N–H and O–H groups in total. The monoisotopic (exact) mass is 390 g/mol. The summed E-state index contributed by atoms with van der Waals surface area (Å²) < 4.78 is 1.14. The van der Waals surface area contributed by atoms with Gasteiger partial charge in [-0.3, -0.25) is 0 Å². The molecule has 0 radical (unpaired) electrons. The highest BCUT2D eigenvalue weighted by Gasteiger charge is 2.13. The molecule has 28 heavy (non-hydrogen) atoms. The van der Waals surface area contributed by atoms with Crippen molar-refractivity contribution in [2.75, 3.05) is 0 Å². The summed E-state index contributed by atoms with van der Waals surface area (Å²) >= 11 is 1.69. The molecule has 0 saturated carbocycles. The standard InChI is InChI=1S/C18H14N4S.C5H12/c1-2-11(9-19)15-3-4-16-17(22-15)14(10-23-16)12-5-7-20-18-13(12)6-8-21-18;1-4-5(2)3/h2-10,19H,1H3,(H,20,21);5H,4H2,1-3H3/b11-2+,19-9?;. The van der Waals surface area contributed by atoms with Gasteiger partial charge in [-0.1, -0.05) is 33.3 Å². The van der Waals surface area contributed by atoms with Gasteiger partial charge in [0.25, 0.3) is 0 Å².